The van der Waals surface area contributed by atoms with Crippen LogP contribution in [0, 0.1) is 5.92 Å². The lowest BCUT2D eigenvalue weighted by atomic mass is 10.0. The minimum Gasteiger partial charge on any atom is -0.244 e. The van der Waals surface area contributed by atoms with E-state index in [0.717, 1.165) is 15.9 Å². The van der Waals surface area contributed by atoms with E-state index in [1.165, 1.54) is 32.2 Å². The van der Waals surface area contributed by atoms with Gasteiger partial charge in [-0.15, -0.1) is 0 Å². The first-order chi connectivity index (χ1) is 5.25. The van der Waals surface area contributed by atoms with Crippen LogP contribution in [0.5, 0.6) is 0 Å². The molecule has 3 unspecified atom stereocenters. The topological polar surface area (TPSA) is 3.24 Å². The fourth-order valence-electron chi connectivity index (χ4n) is 2.22. The van der Waals surface area contributed by atoms with E-state index in [9.17, 15) is 0 Å². The highest BCUT2D eigenvalue weighted by atomic mass is 127. The van der Waals surface area contributed by atoms with E-state index >= 15 is 0 Å². The summed E-state index contributed by atoms with van der Waals surface area (Å²) in [5.74, 6) is 1.02. The minimum atomic E-state index is 0.907. The zero-order valence-electron chi connectivity index (χ0n) is 6.47. The zero-order valence-corrected chi connectivity index (χ0v) is 10.8. The standard InChI is InChI=1S/C8H13I2N/c9-7-2-1-6-3-8(4-7)11(10)5-6/h6-8H,1-5H2. The number of alkyl halides is 1. The van der Waals surface area contributed by atoms with Gasteiger partial charge in [-0.2, -0.15) is 0 Å². The molecular formula is C8H13I2N. The number of nitrogens with zero attached hydrogens (tertiary/aromatic N) is 1. The Morgan fingerprint density at radius 3 is 2.82 bits per heavy atom. The molecule has 1 saturated heterocycles. The number of hydrogen-bond donors (Lipinski definition) is 0. The van der Waals surface area contributed by atoms with E-state index in [4.69, 9.17) is 0 Å². The summed E-state index contributed by atoms with van der Waals surface area (Å²) in [6.07, 6.45) is 5.85. The van der Waals surface area contributed by atoms with Crippen LogP contribution >= 0.6 is 45.5 Å². The van der Waals surface area contributed by atoms with Gasteiger partial charge >= 0.3 is 0 Å². The fraction of sp³-hybridized carbons (Fsp3) is 1.00. The van der Waals surface area contributed by atoms with Crippen molar-refractivity contribution in [2.24, 2.45) is 5.92 Å². The van der Waals surface area contributed by atoms with Crippen LogP contribution in [0.25, 0.3) is 0 Å². The van der Waals surface area contributed by atoms with Gasteiger partial charge in [0.2, 0.25) is 0 Å². The molecule has 3 atom stereocenters. The third-order valence-electron chi connectivity index (χ3n) is 2.85. The van der Waals surface area contributed by atoms with Gasteiger partial charge in [0.05, 0.1) is 0 Å². The summed E-state index contributed by atoms with van der Waals surface area (Å²) in [5, 5.41) is 0. The molecule has 1 nitrogen and oxygen atoms in total. The van der Waals surface area contributed by atoms with Crippen LogP contribution in [0.3, 0.4) is 0 Å². The second-order valence-electron chi connectivity index (χ2n) is 3.75. The quantitative estimate of drug-likeness (QED) is 0.357. The van der Waals surface area contributed by atoms with Gasteiger partial charge in [0.15, 0.2) is 0 Å². The molecule has 1 heterocycles. The van der Waals surface area contributed by atoms with Gasteiger partial charge in [0.25, 0.3) is 0 Å². The van der Waals surface area contributed by atoms with E-state index in [1.807, 2.05) is 0 Å². The average Bonchev–Trinajstić information content (AvgIpc) is 2.15. The van der Waals surface area contributed by atoms with Gasteiger partial charge in [-0.05, 0) is 31.6 Å². The second kappa shape index (κ2) is 3.65. The Bertz CT molecular complexity index is 151. The van der Waals surface area contributed by atoms with Gasteiger partial charge in [-0.3, -0.25) is 0 Å². The third-order valence-corrected chi connectivity index (χ3v) is 5.16. The fourth-order valence-corrected chi connectivity index (χ4v) is 4.18. The summed E-state index contributed by atoms with van der Waals surface area (Å²) >= 11 is 5.13. The molecule has 0 N–H and O–H groups in total. The second-order valence-corrected chi connectivity index (χ2v) is 6.75. The molecule has 1 aliphatic carbocycles. The molecule has 2 aliphatic rings. The lowest BCUT2D eigenvalue weighted by molar-refractivity contribution is 0.419. The van der Waals surface area contributed by atoms with Crippen molar-refractivity contribution in [3.8, 4) is 0 Å². The van der Waals surface area contributed by atoms with Crippen molar-refractivity contribution in [3.63, 3.8) is 0 Å². The van der Waals surface area contributed by atoms with Crippen LogP contribution in [-0.4, -0.2) is 19.6 Å². The average molecular weight is 377 g/mol. The Labute approximate surface area is 95.9 Å². The van der Waals surface area contributed by atoms with Crippen LogP contribution in [0.15, 0.2) is 0 Å². The normalized spacial score (nSPS) is 45.8. The van der Waals surface area contributed by atoms with Crippen molar-refractivity contribution in [2.75, 3.05) is 6.54 Å². The molecule has 0 aromatic heterocycles. The Morgan fingerprint density at radius 2 is 2.00 bits per heavy atom. The van der Waals surface area contributed by atoms with Gasteiger partial charge < -0.3 is 0 Å². The Morgan fingerprint density at radius 1 is 1.18 bits per heavy atom. The summed E-state index contributed by atoms with van der Waals surface area (Å²) in [7, 11) is 0. The first-order valence-electron chi connectivity index (χ1n) is 4.32. The van der Waals surface area contributed by atoms with E-state index in [1.54, 1.807) is 0 Å². The number of fused-ring (bicyclic) bond motifs is 2. The van der Waals surface area contributed by atoms with Crippen LogP contribution in [0.4, 0.5) is 0 Å². The molecule has 1 saturated carbocycles. The van der Waals surface area contributed by atoms with Crippen LogP contribution in [-0.2, 0) is 0 Å². The summed E-state index contributed by atoms with van der Waals surface area (Å²) in [4.78, 5) is 0. The van der Waals surface area contributed by atoms with Crippen molar-refractivity contribution < 1.29 is 0 Å². The van der Waals surface area contributed by atoms with Crippen molar-refractivity contribution in [3.05, 3.63) is 0 Å². The monoisotopic (exact) mass is 377 g/mol. The largest absolute Gasteiger partial charge is 0.244 e. The van der Waals surface area contributed by atoms with Gasteiger partial charge in [0.1, 0.15) is 0 Å². The maximum Gasteiger partial charge on any atom is 0.0207 e. The summed E-state index contributed by atoms with van der Waals surface area (Å²) < 4.78 is 3.48. The smallest absolute Gasteiger partial charge is 0.0207 e. The first kappa shape index (κ1) is 8.99. The number of halogens is 2. The molecule has 0 spiro atoms. The Kier molecular flexibility index (Phi) is 2.99. The third kappa shape index (κ3) is 2.02. The predicted molar refractivity (Wildman–Crippen MR) is 64.3 cm³/mol. The maximum absolute atomic E-state index is 2.62. The molecule has 64 valence electrons. The van der Waals surface area contributed by atoms with E-state index in [2.05, 4.69) is 48.6 Å². The predicted octanol–water partition coefficient (Wildman–Crippen LogP) is 3.01. The molecule has 11 heavy (non-hydrogen) atoms. The zero-order chi connectivity index (χ0) is 7.84. The van der Waals surface area contributed by atoms with Crippen LogP contribution < -0.4 is 0 Å². The van der Waals surface area contributed by atoms with Crippen LogP contribution in [0.2, 0.25) is 0 Å². The molecular weight excluding hydrogens is 364 g/mol. The van der Waals surface area contributed by atoms with E-state index < -0.39 is 0 Å². The summed E-state index contributed by atoms with van der Waals surface area (Å²) in [5.41, 5.74) is 0. The molecule has 2 fully saturated rings. The summed E-state index contributed by atoms with van der Waals surface area (Å²) in [6.45, 7) is 1.36. The number of rotatable bonds is 0. The van der Waals surface area contributed by atoms with Crippen LogP contribution in [0.1, 0.15) is 25.7 Å². The highest BCUT2D eigenvalue weighted by molar-refractivity contribution is 14.1. The lowest BCUT2D eigenvalue weighted by Crippen LogP contribution is -2.23. The number of hydrogen-bond acceptors (Lipinski definition) is 1. The van der Waals surface area contributed by atoms with Gasteiger partial charge in [0, 0.05) is 39.4 Å². The Hall–Kier alpha value is 1.42. The van der Waals surface area contributed by atoms with Crippen molar-refractivity contribution in [1.82, 2.24) is 3.11 Å². The molecule has 0 amide bonds. The van der Waals surface area contributed by atoms with Gasteiger partial charge in [-0.1, -0.05) is 22.6 Å². The highest BCUT2D eigenvalue weighted by Crippen LogP contribution is 2.38. The molecule has 1 aliphatic heterocycles. The molecule has 0 radical (unpaired) electrons. The maximum atomic E-state index is 2.62. The Balaban J connectivity index is 2.04. The van der Waals surface area contributed by atoms with Crippen molar-refractivity contribution in [2.45, 2.75) is 35.6 Å². The molecule has 0 aromatic carbocycles. The lowest BCUT2D eigenvalue weighted by Gasteiger charge is -2.20. The minimum absolute atomic E-state index is 0.907. The molecule has 3 heteroatoms. The first-order valence-corrected chi connectivity index (χ1v) is 6.53. The summed E-state index contributed by atoms with van der Waals surface area (Å²) in [6, 6.07) is 0.907. The molecule has 0 aromatic rings. The molecule has 2 bridgehead atoms. The van der Waals surface area contributed by atoms with E-state index in [-0.39, 0.29) is 0 Å². The van der Waals surface area contributed by atoms with Gasteiger partial charge in [-0.25, -0.2) is 3.11 Å². The molecule has 2 rings (SSSR count). The highest BCUT2D eigenvalue weighted by Gasteiger charge is 2.34. The van der Waals surface area contributed by atoms with E-state index in [0.29, 0.717) is 0 Å². The van der Waals surface area contributed by atoms with Crippen molar-refractivity contribution >= 4 is 45.5 Å². The SMILES string of the molecule is IC1CCC2CC(C1)N(I)C2. The van der Waals surface area contributed by atoms with Crippen molar-refractivity contribution in [1.29, 1.82) is 0 Å².